The van der Waals surface area contributed by atoms with Crippen LogP contribution in [0.2, 0.25) is 0 Å². The summed E-state index contributed by atoms with van der Waals surface area (Å²) in [4.78, 5) is 33.3. The van der Waals surface area contributed by atoms with E-state index in [9.17, 15) is 14.9 Å². The number of hydrogen-bond acceptors (Lipinski definition) is 7. The Kier molecular flexibility index (Phi) is 7.90. The van der Waals surface area contributed by atoms with Crippen molar-refractivity contribution < 1.29 is 14.0 Å². The van der Waals surface area contributed by atoms with Crippen molar-refractivity contribution in [2.75, 3.05) is 37.6 Å². The number of nitriles is 2. The van der Waals surface area contributed by atoms with E-state index in [2.05, 4.69) is 32.4 Å². The van der Waals surface area contributed by atoms with E-state index in [0.29, 0.717) is 16.7 Å². The molecule has 1 aliphatic heterocycles. The molecule has 2 aromatic heterocycles. The number of anilines is 1. The van der Waals surface area contributed by atoms with Crippen molar-refractivity contribution in [3.05, 3.63) is 101 Å². The van der Waals surface area contributed by atoms with Crippen LogP contribution in [-0.4, -0.2) is 54.4 Å². The summed E-state index contributed by atoms with van der Waals surface area (Å²) in [7, 11) is 0. The largest absolute Gasteiger partial charge is 0.451 e. The van der Waals surface area contributed by atoms with E-state index in [1.165, 1.54) is 29.8 Å². The molecule has 0 radical (unpaired) electrons. The summed E-state index contributed by atoms with van der Waals surface area (Å²) in [6.45, 7) is 4.84. The Morgan fingerprint density at radius 2 is 1.63 bits per heavy atom. The van der Waals surface area contributed by atoms with Crippen molar-refractivity contribution in [3.63, 3.8) is 0 Å². The average Bonchev–Trinajstić information content (AvgIpc) is 3.67. The van der Waals surface area contributed by atoms with Crippen LogP contribution in [0.1, 0.15) is 50.4 Å². The summed E-state index contributed by atoms with van der Waals surface area (Å²) >= 11 is 0. The molecule has 214 valence electrons. The molecule has 0 spiro atoms. The number of imide groups is 1. The number of rotatable bonds is 8. The number of aromatic nitrogens is 1. The molecular weight excluding hydrogens is 540 g/mol. The minimum absolute atomic E-state index is 0.0668. The summed E-state index contributed by atoms with van der Waals surface area (Å²) < 4.78 is 5.73. The maximum absolute atomic E-state index is 12.7. The maximum atomic E-state index is 12.7. The summed E-state index contributed by atoms with van der Waals surface area (Å²) in [5.74, 6) is -1.10. The zero-order chi connectivity index (χ0) is 29.8. The Morgan fingerprint density at radius 1 is 0.860 bits per heavy atom. The molecule has 0 unspecified atom stereocenters. The lowest BCUT2D eigenvalue weighted by Crippen LogP contribution is -2.46. The van der Waals surface area contributed by atoms with Gasteiger partial charge in [-0.2, -0.15) is 10.5 Å². The SMILES string of the molecule is N#Cc1ccc(C(=O)NC(=O)c2cc3cc(N4CCN(CCCCc5c[nH]c6ccc(C#N)cc56)CC4)ccc3o2)cc1. The molecule has 1 fully saturated rings. The highest BCUT2D eigenvalue weighted by Crippen LogP contribution is 2.27. The first-order valence-electron chi connectivity index (χ1n) is 14.4. The number of aromatic amines is 1. The molecule has 9 nitrogen and oxygen atoms in total. The number of carbonyl (C=O) groups excluding carboxylic acids is 2. The summed E-state index contributed by atoms with van der Waals surface area (Å²) in [5.41, 5.74) is 5.41. The van der Waals surface area contributed by atoms with Crippen molar-refractivity contribution >= 4 is 39.4 Å². The third-order valence-electron chi connectivity index (χ3n) is 8.03. The number of benzene rings is 3. The molecule has 2 N–H and O–H groups in total. The molecule has 2 amide bonds. The zero-order valence-corrected chi connectivity index (χ0v) is 23.6. The molecule has 5 aromatic rings. The molecule has 1 aliphatic rings. The van der Waals surface area contributed by atoms with Crippen molar-refractivity contribution in [1.29, 1.82) is 10.5 Å². The highest BCUT2D eigenvalue weighted by Gasteiger charge is 2.20. The van der Waals surface area contributed by atoms with Crippen LogP contribution in [0.15, 0.2) is 77.3 Å². The van der Waals surface area contributed by atoms with Crippen molar-refractivity contribution in [1.82, 2.24) is 15.2 Å². The number of carbonyl (C=O) groups is 2. The molecule has 0 aliphatic carbocycles. The highest BCUT2D eigenvalue weighted by atomic mass is 16.3. The Bertz CT molecular complexity index is 1880. The minimum Gasteiger partial charge on any atom is -0.451 e. The molecule has 0 atom stereocenters. The van der Waals surface area contributed by atoms with Crippen molar-refractivity contribution in [2.24, 2.45) is 0 Å². The lowest BCUT2D eigenvalue weighted by atomic mass is 10.1. The molecule has 43 heavy (non-hydrogen) atoms. The van der Waals surface area contributed by atoms with Gasteiger partial charge in [0.15, 0.2) is 5.76 Å². The number of piperazine rings is 1. The van der Waals surface area contributed by atoms with E-state index in [-0.39, 0.29) is 11.3 Å². The van der Waals surface area contributed by atoms with Crippen LogP contribution >= 0.6 is 0 Å². The smallest absolute Gasteiger partial charge is 0.293 e. The van der Waals surface area contributed by atoms with Crippen LogP contribution < -0.4 is 10.2 Å². The standard InChI is InChI=1S/C34H30N6O3/c35-20-23-4-7-25(8-5-23)33(41)38-34(42)32-19-27-18-28(9-11-31(27)43-32)40-15-13-39(14-16-40)12-2-1-3-26-22-37-30-10-6-24(21-36)17-29(26)30/h4-11,17-19,22,37H,1-3,12-16H2,(H,38,41,42). The number of nitrogens with zero attached hydrogens (tertiary/aromatic N) is 4. The van der Waals surface area contributed by atoms with E-state index in [0.717, 1.165) is 74.0 Å². The first-order valence-corrected chi connectivity index (χ1v) is 14.4. The monoisotopic (exact) mass is 570 g/mol. The number of nitrogens with one attached hydrogen (secondary N) is 2. The van der Waals surface area contributed by atoms with Crippen LogP contribution in [0.25, 0.3) is 21.9 Å². The van der Waals surface area contributed by atoms with Gasteiger partial charge < -0.3 is 14.3 Å². The number of furan rings is 1. The van der Waals surface area contributed by atoms with Crippen LogP contribution in [0.3, 0.4) is 0 Å². The Hall–Kier alpha value is -5.38. The third-order valence-corrected chi connectivity index (χ3v) is 8.03. The van der Waals surface area contributed by atoms with Gasteiger partial charge in [0.1, 0.15) is 5.58 Å². The fourth-order valence-electron chi connectivity index (χ4n) is 5.61. The number of fused-ring (bicyclic) bond motifs is 2. The van der Waals surface area contributed by atoms with Crippen LogP contribution in [-0.2, 0) is 6.42 Å². The number of H-pyrrole nitrogens is 1. The number of amides is 2. The van der Waals surface area contributed by atoms with Gasteiger partial charge in [0.2, 0.25) is 0 Å². The van der Waals surface area contributed by atoms with Gasteiger partial charge in [-0.05, 0) is 98.1 Å². The van der Waals surface area contributed by atoms with Crippen LogP contribution in [0.5, 0.6) is 0 Å². The van der Waals surface area contributed by atoms with Gasteiger partial charge in [0, 0.05) is 59.9 Å². The van der Waals surface area contributed by atoms with Gasteiger partial charge in [0.05, 0.1) is 23.3 Å². The third kappa shape index (κ3) is 6.13. The average molecular weight is 571 g/mol. The molecule has 0 saturated carbocycles. The molecule has 1 saturated heterocycles. The second kappa shape index (κ2) is 12.2. The topological polar surface area (TPSA) is 129 Å². The summed E-state index contributed by atoms with van der Waals surface area (Å²) in [5, 5.41) is 22.4. The molecule has 3 aromatic carbocycles. The Balaban J connectivity index is 0.989. The van der Waals surface area contributed by atoms with Crippen LogP contribution in [0, 0.1) is 22.7 Å². The fraction of sp³-hybridized carbons (Fsp3) is 0.235. The number of aryl methyl sites for hydroxylation is 1. The second-order valence-electron chi connectivity index (χ2n) is 10.8. The number of hydrogen-bond donors (Lipinski definition) is 2. The van der Waals surface area contributed by atoms with E-state index < -0.39 is 11.8 Å². The molecule has 9 heteroatoms. The lowest BCUT2D eigenvalue weighted by Gasteiger charge is -2.36. The Labute approximate surface area is 248 Å². The Morgan fingerprint density at radius 3 is 2.40 bits per heavy atom. The maximum Gasteiger partial charge on any atom is 0.293 e. The summed E-state index contributed by atoms with van der Waals surface area (Å²) in [6.07, 6.45) is 5.26. The first kappa shape index (κ1) is 27.8. The van der Waals surface area contributed by atoms with Gasteiger partial charge in [-0.3, -0.25) is 19.8 Å². The highest BCUT2D eigenvalue weighted by molar-refractivity contribution is 6.10. The normalized spacial score (nSPS) is 13.6. The first-order chi connectivity index (χ1) is 21.0. The minimum atomic E-state index is -0.614. The molecular formula is C34H30N6O3. The predicted molar refractivity (Wildman–Crippen MR) is 164 cm³/mol. The molecule has 3 heterocycles. The molecule has 6 rings (SSSR count). The van der Waals surface area contributed by atoms with Gasteiger partial charge in [-0.1, -0.05) is 0 Å². The lowest BCUT2D eigenvalue weighted by molar-refractivity contribution is 0.0833. The second-order valence-corrected chi connectivity index (χ2v) is 10.8. The van der Waals surface area contributed by atoms with Gasteiger partial charge in [-0.15, -0.1) is 0 Å². The van der Waals surface area contributed by atoms with Crippen molar-refractivity contribution in [2.45, 2.75) is 19.3 Å². The van der Waals surface area contributed by atoms with E-state index in [4.69, 9.17) is 9.68 Å². The number of unbranched alkanes of at least 4 members (excludes halogenated alkanes) is 1. The van der Waals surface area contributed by atoms with E-state index in [1.807, 2.05) is 42.5 Å². The fourth-order valence-corrected chi connectivity index (χ4v) is 5.61. The quantitative estimate of drug-likeness (QED) is 0.189. The van der Waals surface area contributed by atoms with Gasteiger partial charge in [0.25, 0.3) is 11.8 Å². The van der Waals surface area contributed by atoms with Crippen molar-refractivity contribution in [3.8, 4) is 12.1 Å². The molecule has 0 bridgehead atoms. The van der Waals surface area contributed by atoms with E-state index >= 15 is 0 Å². The van der Waals surface area contributed by atoms with E-state index in [1.54, 1.807) is 6.07 Å². The predicted octanol–water partition coefficient (Wildman–Crippen LogP) is 5.37. The summed E-state index contributed by atoms with van der Waals surface area (Å²) in [6, 6.07) is 23.6. The zero-order valence-electron chi connectivity index (χ0n) is 23.6. The van der Waals surface area contributed by atoms with Crippen LogP contribution in [0.4, 0.5) is 5.69 Å². The van der Waals surface area contributed by atoms with Gasteiger partial charge in [-0.25, -0.2) is 0 Å². The van der Waals surface area contributed by atoms with Gasteiger partial charge >= 0.3 is 0 Å².